The maximum Gasteiger partial charge on any atom is 0.0669 e. The highest BCUT2D eigenvalue weighted by molar-refractivity contribution is 4.83. The van der Waals surface area contributed by atoms with Crippen LogP contribution in [-0.2, 0) is 0 Å². The van der Waals surface area contributed by atoms with E-state index < -0.39 is 0 Å². The summed E-state index contributed by atoms with van der Waals surface area (Å²) in [6.45, 7) is 6.51. The quantitative estimate of drug-likeness (QED) is 0.699. The molecule has 1 fully saturated rings. The molecule has 0 bridgehead atoms. The van der Waals surface area contributed by atoms with Crippen LogP contribution in [0.2, 0.25) is 0 Å². The molecule has 2 unspecified atom stereocenters. The number of nitrogens with one attached hydrogen (secondary N) is 1. The first-order valence-corrected chi connectivity index (χ1v) is 6.55. The van der Waals surface area contributed by atoms with E-state index in [1.54, 1.807) is 0 Å². The van der Waals surface area contributed by atoms with Crippen molar-refractivity contribution in [1.82, 2.24) is 10.2 Å². The van der Waals surface area contributed by atoms with E-state index in [9.17, 15) is 0 Å². The van der Waals surface area contributed by atoms with Crippen LogP contribution < -0.4 is 5.32 Å². The molecule has 3 heteroatoms. The second kappa shape index (κ2) is 7.65. The van der Waals surface area contributed by atoms with Crippen molar-refractivity contribution in [2.45, 2.75) is 32.6 Å². The second-order valence-corrected chi connectivity index (χ2v) is 5.00. The molecule has 0 aromatic rings. The zero-order valence-electron chi connectivity index (χ0n) is 10.7. The first kappa shape index (κ1) is 13.5. The highest BCUT2D eigenvalue weighted by Crippen LogP contribution is 2.17. The molecular weight excluding hydrogens is 198 g/mol. The van der Waals surface area contributed by atoms with Crippen LogP contribution in [0, 0.1) is 23.2 Å². The van der Waals surface area contributed by atoms with E-state index in [1.165, 1.54) is 32.4 Å². The highest BCUT2D eigenvalue weighted by atomic mass is 15.1. The average molecular weight is 223 g/mol. The van der Waals surface area contributed by atoms with Crippen molar-refractivity contribution in [3.8, 4) is 6.07 Å². The summed E-state index contributed by atoms with van der Waals surface area (Å²) in [6.07, 6.45) is 4.93. The average Bonchev–Trinajstić information content (AvgIpc) is 2.29. The van der Waals surface area contributed by atoms with Gasteiger partial charge in [-0.1, -0.05) is 6.92 Å². The number of hydrogen-bond acceptors (Lipinski definition) is 3. The van der Waals surface area contributed by atoms with Crippen LogP contribution in [0.5, 0.6) is 0 Å². The lowest BCUT2D eigenvalue weighted by Gasteiger charge is -2.29. The Kier molecular flexibility index (Phi) is 6.44. The molecule has 1 aliphatic rings. The molecule has 92 valence electrons. The molecular formula is C13H25N3. The Balaban J connectivity index is 2.04. The Bertz CT molecular complexity index is 222. The van der Waals surface area contributed by atoms with Crippen molar-refractivity contribution in [3.63, 3.8) is 0 Å². The van der Waals surface area contributed by atoms with Gasteiger partial charge in [-0.15, -0.1) is 0 Å². The van der Waals surface area contributed by atoms with Gasteiger partial charge in [-0.25, -0.2) is 0 Å². The molecule has 3 nitrogen and oxygen atoms in total. The van der Waals surface area contributed by atoms with E-state index in [-0.39, 0.29) is 5.92 Å². The summed E-state index contributed by atoms with van der Waals surface area (Å²) in [4.78, 5) is 2.43. The van der Waals surface area contributed by atoms with Crippen molar-refractivity contribution >= 4 is 0 Å². The summed E-state index contributed by atoms with van der Waals surface area (Å²) < 4.78 is 0. The zero-order chi connectivity index (χ0) is 11.8. The minimum Gasteiger partial charge on any atom is -0.315 e. The van der Waals surface area contributed by atoms with Gasteiger partial charge >= 0.3 is 0 Å². The van der Waals surface area contributed by atoms with Crippen LogP contribution in [0.3, 0.4) is 0 Å². The maximum atomic E-state index is 8.81. The monoisotopic (exact) mass is 223 g/mol. The SMILES string of the molecule is CCC(C#N)CNCCC1CCCN(C)C1. The fraction of sp³-hybridized carbons (Fsp3) is 0.923. The summed E-state index contributed by atoms with van der Waals surface area (Å²) in [7, 11) is 2.21. The lowest BCUT2D eigenvalue weighted by molar-refractivity contribution is 0.201. The Labute approximate surface area is 99.8 Å². The van der Waals surface area contributed by atoms with Crippen molar-refractivity contribution < 1.29 is 0 Å². The van der Waals surface area contributed by atoms with E-state index in [4.69, 9.17) is 5.26 Å². The fourth-order valence-corrected chi connectivity index (χ4v) is 2.37. The summed E-state index contributed by atoms with van der Waals surface area (Å²) in [5.41, 5.74) is 0. The Morgan fingerprint density at radius 1 is 1.56 bits per heavy atom. The van der Waals surface area contributed by atoms with Gasteiger partial charge < -0.3 is 10.2 Å². The summed E-state index contributed by atoms with van der Waals surface area (Å²) >= 11 is 0. The predicted molar refractivity (Wildman–Crippen MR) is 67.1 cm³/mol. The number of nitrogens with zero attached hydrogens (tertiary/aromatic N) is 2. The minimum absolute atomic E-state index is 0.189. The topological polar surface area (TPSA) is 39.1 Å². The van der Waals surface area contributed by atoms with Gasteiger partial charge in [-0.2, -0.15) is 5.26 Å². The Hall–Kier alpha value is -0.590. The van der Waals surface area contributed by atoms with Gasteiger partial charge in [0.2, 0.25) is 0 Å². The van der Waals surface area contributed by atoms with Crippen LogP contribution in [0.1, 0.15) is 32.6 Å². The zero-order valence-corrected chi connectivity index (χ0v) is 10.7. The highest BCUT2D eigenvalue weighted by Gasteiger charge is 2.16. The lowest BCUT2D eigenvalue weighted by Crippen LogP contribution is -2.34. The second-order valence-electron chi connectivity index (χ2n) is 5.00. The van der Waals surface area contributed by atoms with Crippen LogP contribution in [0.15, 0.2) is 0 Å². The van der Waals surface area contributed by atoms with Gasteiger partial charge in [0.25, 0.3) is 0 Å². The number of hydrogen-bond donors (Lipinski definition) is 1. The van der Waals surface area contributed by atoms with Gasteiger partial charge in [0.15, 0.2) is 0 Å². The third-order valence-electron chi connectivity index (χ3n) is 3.52. The molecule has 16 heavy (non-hydrogen) atoms. The minimum atomic E-state index is 0.189. The Morgan fingerprint density at radius 2 is 2.38 bits per heavy atom. The van der Waals surface area contributed by atoms with Gasteiger partial charge in [0.05, 0.1) is 12.0 Å². The smallest absolute Gasteiger partial charge is 0.0669 e. The largest absolute Gasteiger partial charge is 0.315 e. The fourth-order valence-electron chi connectivity index (χ4n) is 2.37. The normalized spacial score (nSPS) is 23.9. The molecule has 1 saturated heterocycles. The van der Waals surface area contributed by atoms with E-state index in [1.807, 2.05) is 0 Å². The summed E-state index contributed by atoms with van der Waals surface area (Å²) in [5, 5.41) is 12.2. The number of rotatable bonds is 6. The van der Waals surface area contributed by atoms with E-state index in [2.05, 4.69) is 30.3 Å². The molecule has 0 saturated carbocycles. The van der Waals surface area contributed by atoms with Crippen molar-refractivity contribution in [1.29, 1.82) is 5.26 Å². The third-order valence-corrected chi connectivity index (χ3v) is 3.52. The third kappa shape index (κ3) is 4.96. The predicted octanol–water partition coefficient (Wildman–Crippen LogP) is 1.86. The van der Waals surface area contributed by atoms with Gasteiger partial charge in [-0.3, -0.25) is 0 Å². The molecule has 0 aromatic carbocycles. The molecule has 0 spiro atoms. The number of likely N-dealkylation sites (tertiary alicyclic amines) is 1. The number of nitriles is 1. The summed E-state index contributed by atoms with van der Waals surface area (Å²) in [6, 6.07) is 2.33. The van der Waals surface area contributed by atoms with Crippen LogP contribution in [0.25, 0.3) is 0 Å². The molecule has 1 N–H and O–H groups in total. The van der Waals surface area contributed by atoms with Crippen molar-refractivity contribution in [3.05, 3.63) is 0 Å². The van der Waals surface area contributed by atoms with Crippen LogP contribution >= 0.6 is 0 Å². The molecule has 0 amide bonds. The first-order valence-electron chi connectivity index (χ1n) is 6.55. The molecule has 1 rings (SSSR count). The number of piperidine rings is 1. The maximum absolute atomic E-state index is 8.81. The molecule has 0 radical (unpaired) electrons. The standard InChI is InChI=1S/C13H25N3/c1-3-12(9-14)10-15-7-6-13-5-4-8-16(2)11-13/h12-13,15H,3-8,10-11H2,1-2H3. The van der Waals surface area contributed by atoms with E-state index in [0.29, 0.717) is 0 Å². The van der Waals surface area contributed by atoms with Crippen molar-refractivity contribution in [2.24, 2.45) is 11.8 Å². The molecule has 1 heterocycles. The van der Waals surface area contributed by atoms with Crippen LogP contribution in [0.4, 0.5) is 0 Å². The molecule has 0 aliphatic carbocycles. The summed E-state index contributed by atoms with van der Waals surface area (Å²) in [5.74, 6) is 1.04. The van der Waals surface area contributed by atoms with Gasteiger partial charge in [0, 0.05) is 13.1 Å². The Morgan fingerprint density at radius 3 is 3.00 bits per heavy atom. The lowest BCUT2D eigenvalue weighted by atomic mass is 9.95. The first-order chi connectivity index (χ1) is 7.76. The molecule has 1 aliphatic heterocycles. The molecule has 2 atom stereocenters. The molecule has 0 aromatic heterocycles. The van der Waals surface area contributed by atoms with Crippen LogP contribution in [-0.4, -0.2) is 38.1 Å². The van der Waals surface area contributed by atoms with E-state index in [0.717, 1.165) is 25.4 Å². The van der Waals surface area contributed by atoms with Gasteiger partial charge in [0.1, 0.15) is 0 Å². The van der Waals surface area contributed by atoms with Gasteiger partial charge in [-0.05, 0) is 51.7 Å². The van der Waals surface area contributed by atoms with E-state index >= 15 is 0 Å². The van der Waals surface area contributed by atoms with Crippen molar-refractivity contribution in [2.75, 3.05) is 33.2 Å².